The third-order valence-electron chi connectivity index (χ3n) is 3.15. The number of hydrogen-bond donors (Lipinski definition) is 1. The number of anilines is 1. The molecule has 0 fully saturated rings. The molecule has 1 N–H and O–H groups in total. The third-order valence-corrected chi connectivity index (χ3v) is 4.73. The number of para-hydroxylation sites is 1. The Balaban J connectivity index is 1.49. The number of hydrogen-bond acceptors (Lipinski definition) is 7. The lowest BCUT2D eigenvalue weighted by molar-refractivity contribution is -0.146. The van der Waals surface area contributed by atoms with E-state index >= 15 is 0 Å². The molecule has 0 radical (unpaired) electrons. The van der Waals surface area contributed by atoms with Crippen molar-refractivity contribution in [2.24, 2.45) is 0 Å². The molecular weight excluding hydrogens is 420 g/mol. The molecule has 2 aromatic heterocycles. The van der Waals surface area contributed by atoms with E-state index < -0.39 is 11.9 Å². The molecule has 0 unspecified atom stereocenters. The Bertz CT molecular complexity index is 917. The van der Waals surface area contributed by atoms with E-state index in [9.17, 15) is 9.59 Å². The molecule has 132 valence electrons. The highest BCUT2D eigenvalue weighted by atomic mass is 79.9. The van der Waals surface area contributed by atoms with Crippen LogP contribution in [0.4, 0.5) is 5.69 Å². The lowest BCUT2D eigenvalue weighted by Crippen LogP contribution is -2.21. The molecule has 1 aromatic carbocycles. The largest absolute Gasteiger partial charge is 0.455 e. The van der Waals surface area contributed by atoms with Crippen molar-refractivity contribution in [3.05, 3.63) is 58.3 Å². The van der Waals surface area contributed by atoms with Crippen molar-refractivity contribution in [1.82, 2.24) is 15.0 Å². The van der Waals surface area contributed by atoms with E-state index in [4.69, 9.17) is 4.74 Å². The van der Waals surface area contributed by atoms with Crippen LogP contribution in [0.25, 0.3) is 10.8 Å². The number of carbonyl (C=O) groups is 2. The fourth-order valence-corrected chi connectivity index (χ4v) is 3.14. The second-order valence-electron chi connectivity index (χ2n) is 5.08. The van der Waals surface area contributed by atoms with Gasteiger partial charge in [0.15, 0.2) is 17.4 Å². The molecule has 1 amide bonds. The van der Waals surface area contributed by atoms with Gasteiger partial charge in [0.05, 0.1) is 17.8 Å². The first-order valence-corrected chi connectivity index (χ1v) is 9.21. The summed E-state index contributed by atoms with van der Waals surface area (Å²) in [6.45, 7) is -0.362. The summed E-state index contributed by atoms with van der Waals surface area (Å²) in [5.74, 6) is -0.440. The summed E-state index contributed by atoms with van der Waals surface area (Å²) in [6, 6.07) is 8.89. The van der Waals surface area contributed by atoms with Gasteiger partial charge in [-0.25, -0.2) is 15.0 Å². The smallest absolute Gasteiger partial charge is 0.312 e. The number of aromatic nitrogens is 3. The lowest BCUT2D eigenvalue weighted by atomic mass is 10.3. The highest BCUT2D eigenvalue weighted by molar-refractivity contribution is 9.10. The molecule has 0 saturated heterocycles. The Morgan fingerprint density at radius 3 is 2.69 bits per heavy atom. The molecule has 0 saturated carbocycles. The number of ether oxygens (including phenoxy) is 1. The van der Waals surface area contributed by atoms with Crippen LogP contribution in [-0.4, -0.2) is 33.4 Å². The van der Waals surface area contributed by atoms with Crippen LogP contribution in [0, 0.1) is 0 Å². The van der Waals surface area contributed by atoms with Gasteiger partial charge in [-0.2, -0.15) is 0 Å². The normalized spacial score (nSPS) is 10.3. The average molecular weight is 433 g/mol. The number of nitrogens with one attached hydrogen (secondary N) is 1. The minimum Gasteiger partial charge on any atom is -0.455 e. The Morgan fingerprint density at radius 2 is 1.92 bits per heavy atom. The maximum Gasteiger partial charge on any atom is 0.312 e. The number of amides is 1. The summed E-state index contributed by atoms with van der Waals surface area (Å²) in [6.07, 6.45) is 3.23. The fourth-order valence-electron chi connectivity index (χ4n) is 1.99. The van der Waals surface area contributed by atoms with E-state index in [1.54, 1.807) is 42.0 Å². The lowest BCUT2D eigenvalue weighted by Gasteiger charge is -2.07. The van der Waals surface area contributed by atoms with Crippen LogP contribution in [0.1, 0.15) is 5.69 Å². The monoisotopic (exact) mass is 432 g/mol. The molecule has 26 heavy (non-hydrogen) atoms. The molecule has 0 aliphatic rings. The first-order chi connectivity index (χ1) is 12.6. The van der Waals surface area contributed by atoms with Crippen LogP contribution in [0.2, 0.25) is 0 Å². The molecule has 0 aliphatic carbocycles. The summed E-state index contributed by atoms with van der Waals surface area (Å²) >= 11 is 4.67. The summed E-state index contributed by atoms with van der Waals surface area (Å²) < 4.78 is 5.75. The van der Waals surface area contributed by atoms with Gasteiger partial charge in [0.2, 0.25) is 0 Å². The maximum atomic E-state index is 11.9. The second-order valence-corrected chi connectivity index (χ2v) is 6.79. The molecule has 3 aromatic rings. The van der Waals surface area contributed by atoms with Gasteiger partial charge >= 0.3 is 5.97 Å². The minimum absolute atomic E-state index is 0.0222. The number of rotatable bonds is 6. The van der Waals surface area contributed by atoms with Crippen LogP contribution < -0.4 is 5.32 Å². The number of carbonyl (C=O) groups excluding carboxylic acids is 2. The van der Waals surface area contributed by atoms with Crippen LogP contribution in [0.3, 0.4) is 0 Å². The van der Waals surface area contributed by atoms with E-state index in [0.717, 1.165) is 4.47 Å². The third kappa shape index (κ3) is 4.93. The number of nitrogens with zero attached hydrogens (tertiary/aromatic N) is 3. The number of halogens is 1. The van der Waals surface area contributed by atoms with Crippen molar-refractivity contribution >= 4 is 44.8 Å². The summed E-state index contributed by atoms with van der Waals surface area (Å²) in [5.41, 5.74) is 1.16. The molecule has 2 heterocycles. The molecule has 3 rings (SSSR count). The van der Waals surface area contributed by atoms with Crippen LogP contribution >= 0.6 is 27.3 Å². The van der Waals surface area contributed by atoms with E-state index in [-0.39, 0.29) is 13.0 Å². The number of thiazole rings is 1. The minimum atomic E-state index is -0.530. The molecule has 0 bridgehead atoms. The van der Waals surface area contributed by atoms with Crippen molar-refractivity contribution in [2.75, 3.05) is 11.9 Å². The topological polar surface area (TPSA) is 94.1 Å². The first kappa shape index (κ1) is 18.2. The molecule has 0 spiro atoms. The van der Waals surface area contributed by atoms with Gasteiger partial charge in [0.1, 0.15) is 0 Å². The van der Waals surface area contributed by atoms with Gasteiger partial charge in [-0.3, -0.25) is 9.59 Å². The zero-order chi connectivity index (χ0) is 18.4. The van der Waals surface area contributed by atoms with Crippen LogP contribution in [0.5, 0.6) is 0 Å². The summed E-state index contributed by atoms with van der Waals surface area (Å²) in [4.78, 5) is 36.3. The molecule has 9 heteroatoms. The van der Waals surface area contributed by atoms with Gasteiger partial charge in [-0.05, 0) is 34.1 Å². The number of esters is 1. The van der Waals surface area contributed by atoms with E-state index in [1.807, 2.05) is 6.07 Å². The SMILES string of the molecule is O=C(COC(=O)Cc1csc(-c2ncccn2)n1)Nc1ccccc1Br. The quantitative estimate of drug-likeness (QED) is 0.601. The van der Waals surface area contributed by atoms with Crippen LogP contribution in [-0.2, 0) is 20.7 Å². The van der Waals surface area contributed by atoms with Crippen molar-refractivity contribution < 1.29 is 14.3 Å². The van der Waals surface area contributed by atoms with Gasteiger partial charge in [-0.15, -0.1) is 11.3 Å². The zero-order valence-corrected chi connectivity index (χ0v) is 15.8. The van der Waals surface area contributed by atoms with Crippen molar-refractivity contribution in [1.29, 1.82) is 0 Å². The van der Waals surface area contributed by atoms with E-state index in [0.29, 0.717) is 22.2 Å². The summed E-state index contributed by atoms with van der Waals surface area (Å²) in [5, 5.41) is 5.03. The highest BCUT2D eigenvalue weighted by Gasteiger charge is 2.13. The Hall–Kier alpha value is -2.65. The van der Waals surface area contributed by atoms with E-state index in [2.05, 4.69) is 36.2 Å². The van der Waals surface area contributed by atoms with Crippen molar-refractivity contribution in [2.45, 2.75) is 6.42 Å². The van der Waals surface area contributed by atoms with Gasteiger partial charge in [-0.1, -0.05) is 12.1 Å². The molecule has 0 atom stereocenters. The van der Waals surface area contributed by atoms with Crippen molar-refractivity contribution in [3.63, 3.8) is 0 Å². The van der Waals surface area contributed by atoms with Crippen LogP contribution in [0.15, 0.2) is 52.6 Å². The summed E-state index contributed by atoms with van der Waals surface area (Å²) in [7, 11) is 0. The zero-order valence-electron chi connectivity index (χ0n) is 13.4. The van der Waals surface area contributed by atoms with Gasteiger partial charge < -0.3 is 10.1 Å². The highest BCUT2D eigenvalue weighted by Crippen LogP contribution is 2.21. The van der Waals surface area contributed by atoms with Gasteiger partial charge in [0.25, 0.3) is 5.91 Å². The van der Waals surface area contributed by atoms with Gasteiger partial charge in [0, 0.05) is 22.2 Å². The first-order valence-electron chi connectivity index (χ1n) is 7.53. The standard InChI is InChI=1S/C17H13BrN4O3S/c18-12-4-1-2-5-13(12)22-14(23)9-25-15(24)8-11-10-26-17(21-11)16-19-6-3-7-20-16/h1-7,10H,8-9H2,(H,22,23). The van der Waals surface area contributed by atoms with Crippen molar-refractivity contribution in [3.8, 4) is 10.8 Å². The molecule has 7 nitrogen and oxygen atoms in total. The predicted octanol–water partition coefficient (Wildman–Crippen LogP) is 3.09. The predicted molar refractivity (Wildman–Crippen MR) is 101 cm³/mol. The van der Waals surface area contributed by atoms with E-state index in [1.165, 1.54) is 11.3 Å². The Morgan fingerprint density at radius 1 is 1.15 bits per heavy atom. The molecular formula is C17H13BrN4O3S. The Kier molecular flexibility index (Phi) is 6.03. The molecule has 0 aliphatic heterocycles. The Labute approximate surface area is 161 Å². The second kappa shape index (κ2) is 8.63. The fraction of sp³-hybridized carbons (Fsp3) is 0.118. The maximum absolute atomic E-state index is 11.9. The average Bonchev–Trinajstić information content (AvgIpc) is 3.11. The number of benzene rings is 1.